The zero-order valence-electron chi connectivity index (χ0n) is 13.1. The van der Waals surface area contributed by atoms with Gasteiger partial charge < -0.3 is 10.3 Å². The molecule has 0 saturated carbocycles. The van der Waals surface area contributed by atoms with Crippen LogP contribution in [0.25, 0.3) is 11.3 Å². The Morgan fingerprint density at radius 3 is 2.45 bits per heavy atom. The molecule has 20 heavy (non-hydrogen) atoms. The monoisotopic (exact) mass is 275 g/mol. The molecule has 1 aromatic heterocycles. The number of benzene rings is 1. The van der Waals surface area contributed by atoms with Crippen molar-refractivity contribution < 1.29 is 1.43 Å². The van der Waals surface area contributed by atoms with E-state index in [0.29, 0.717) is 12.6 Å². The van der Waals surface area contributed by atoms with Gasteiger partial charge >= 0.3 is 0 Å². The second kappa shape index (κ2) is 8.54. The Hall–Kier alpha value is -1.61. The molecule has 2 rings (SSSR count). The second-order valence-electron chi connectivity index (χ2n) is 4.74. The molecular formula is C17H29N3. The highest BCUT2D eigenvalue weighted by atomic mass is 15.1. The molecule has 0 aliphatic heterocycles. The van der Waals surface area contributed by atoms with Crippen LogP contribution in [0.4, 0.5) is 0 Å². The molecule has 3 heteroatoms. The SMILES string of the molecule is CC.CCCc1ccc(-c2cn([C@@H](C)CN)cn2)cc1.[HH]. The second-order valence-corrected chi connectivity index (χ2v) is 4.74. The highest BCUT2D eigenvalue weighted by molar-refractivity contribution is 5.58. The molecule has 0 fully saturated rings. The van der Waals surface area contributed by atoms with Crippen molar-refractivity contribution in [2.24, 2.45) is 5.73 Å². The standard InChI is InChI=1S/C15H21N3.C2H6.H2/c1-3-4-13-5-7-14(8-6-13)15-10-18(11-17-15)12(2)9-16;1-2;/h5-8,10-12H,3-4,9,16H2,1-2H3;1-2H3;1H/t12-;;/m0../s1. The number of nitrogens with zero attached hydrogens (tertiary/aromatic N) is 2. The number of aryl methyl sites for hydroxylation is 1. The van der Waals surface area contributed by atoms with Gasteiger partial charge in [-0.1, -0.05) is 51.5 Å². The topological polar surface area (TPSA) is 43.8 Å². The van der Waals surface area contributed by atoms with Crippen LogP contribution in [0.5, 0.6) is 0 Å². The molecule has 0 unspecified atom stereocenters. The third kappa shape index (κ3) is 4.20. The molecule has 0 spiro atoms. The molecule has 0 saturated heterocycles. The van der Waals surface area contributed by atoms with E-state index in [9.17, 15) is 0 Å². The summed E-state index contributed by atoms with van der Waals surface area (Å²) in [6.07, 6.45) is 6.24. The lowest BCUT2D eigenvalue weighted by Gasteiger charge is -2.08. The van der Waals surface area contributed by atoms with Crippen LogP contribution in [0, 0.1) is 0 Å². The van der Waals surface area contributed by atoms with Gasteiger partial charge in [0.15, 0.2) is 0 Å². The first-order chi connectivity index (χ1) is 9.74. The predicted molar refractivity (Wildman–Crippen MR) is 88.9 cm³/mol. The van der Waals surface area contributed by atoms with E-state index < -0.39 is 0 Å². The fourth-order valence-electron chi connectivity index (χ4n) is 1.98. The molecule has 112 valence electrons. The van der Waals surface area contributed by atoms with E-state index in [4.69, 9.17) is 5.73 Å². The summed E-state index contributed by atoms with van der Waals surface area (Å²) in [7, 11) is 0. The molecule has 0 radical (unpaired) electrons. The quantitative estimate of drug-likeness (QED) is 0.884. The van der Waals surface area contributed by atoms with Gasteiger partial charge in [0.25, 0.3) is 0 Å². The summed E-state index contributed by atoms with van der Waals surface area (Å²) in [5.41, 5.74) is 9.22. The van der Waals surface area contributed by atoms with Crippen LogP contribution in [0.2, 0.25) is 0 Å². The van der Waals surface area contributed by atoms with E-state index in [2.05, 4.69) is 53.9 Å². The first-order valence-electron chi connectivity index (χ1n) is 7.57. The fourth-order valence-corrected chi connectivity index (χ4v) is 1.98. The molecule has 0 amide bonds. The van der Waals surface area contributed by atoms with Gasteiger partial charge in [-0.25, -0.2) is 4.98 Å². The van der Waals surface area contributed by atoms with Gasteiger partial charge in [0.2, 0.25) is 0 Å². The van der Waals surface area contributed by atoms with Crippen molar-refractivity contribution in [1.82, 2.24) is 9.55 Å². The first kappa shape index (κ1) is 16.4. The van der Waals surface area contributed by atoms with E-state index in [1.807, 2.05) is 20.2 Å². The molecule has 3 nitrogen and oxygen atoms in total. The van der Waals surface area contributed by atoms with Crippen molar-refractivity contribution in [3.63, 3.8) is 0 Å². The largest absolute Gasteiger partial charge is 0.333 e. The van der Waals surface area contributed by atoms with Gasteiger partial charge in [0.1, 0.15) is 0 Å². The lowest BCUT2D eigenvalue weighted by molar-refractivity contribution is 0.558. The van der Waals surface area contributed by atoms with Crippen LogP contribution >= 0.6 is 0 Å². The fraction of sp³-hybridized carbons (Fsp3) is 0.471. The minimum atomic E-state index is 0. The number of nitrogens with two attached hydrogens (primary N) is 1. The summed E-state index contributed by atoms with van der Waals surface area (Å²) >= 11 is 0. The van der Waals surface area contributed by atoms with Crippen molar-refractivity contribution in [3.8, 4) is 11.3 Å². The predicted octanol–water partition coefficient (Wildman–Crippen LogP) is 4.29. The Kier molecular flexibility index (Phi) is 7.02. The van der Waals surface area contributed by atoms with Gasteiger partial charge in [0.05, 0.1) is 12.0 Å². The Morgan fingerprint density at radius 1 is 1.25 bits per heavy atom. The van der Waals surface area contributed by atoms with Crippen molar-refractivity contribution in [3.05, 3.63) is 42.4 Å². The number of aromatic nitrogens is 2. The van der Waals surface area contributed by atoms with E-state index in [1.165, 1.54) is 12.0 Å². The van der Waals surface area contributed by atoms with Crippen LogP contribution in [-0.4, -0.2) is 16.1 Å². The number of rotatable bonds is 5. The number of hydrogen-bond acceptors (Lipinski definition) is 2. The molecule has 0 aliphatic rings. The summed E-state index contributed by atoms with van der Waals surface area (Å²) < 4.78 is 2.06. The van der Waals surface area contributed by atoms with Crippen molar-refractivity contribution in [2.75, 3.05) is 6.54 Å². The lowest BCUT2D eigenvalue weighted by atomic mass is 10.1. The Balaban J connectivity index is 0.00000128. The maximum atomic E-state index is 5.66. The average molecular weight is 275 g/mol. The molecular weight excluding hydrogens is 246 g/mol. The van der Waals surface area contributed by atoms with Gasteiger partial charge in [-0.15, -0.1) is 0 Å². The zero-order chi connectivity index (χ0) is 15.0. The third-order valence-electron chi connectivity index (χ3n) is 3.24. The van der Waals surface area contributed by atoms with Crippen LogP contribution in [0.3, 0.4) is 0 Å². The van der Waals surface area contributed by atoms with Crippen LogP contribution < -0.4 is 5.73 Å². The van der Waals surface area contributed by atoms with Crippen molar-refractivity contribution >= 4 is 0 Å². The minimum absolute atomic E-state index is 0. The van der Waals surface area contributed by atoms with E-state index >= 15 is 0 Å². The van der Waals surface area contributed by atoms with E-state index in [0.717, 1.165) is 17.7 Å². The summed E-state index contributed by atoms with van der Waals surface area (Å²) in [6.45, 7) is 8.92. The summed E-state index contributed by atoms with van der Waals surface area (Å²) in [5, 5.41) is 0. The van der Waals surface area contributed by atoms with Crippen molar-refractivity contribution in [1.29, 1.82) is 0 Å². The van der Waals surface area contributed by atoms with Crippen molar-refractivity contribution in [2.45, 2.75) is 46.6 Å². The summed E-state index contributed by atoms with van der Waals surface area (Å²) in [4.78, 5) is 4.44. The molecule has 1 aromatic carbocycles. The minimum Gasteiger partial charge on any atom is -0.333 e. The van der Waals surface area contributed by atoms with E-state index in [-0.39, 0.29) is 1.43 Å². The average Bonchev–Trinajstić information content (AvgIpc) is 2.99. The number of imidazole rings is 1. The first-order valence-corrected chi connectivity index (χ1v) is 7.57. The van der Waals surface area contributed by atoms with E-state index in [1.54, 1.807) is 0 Å². The van der Waals surface area contributed by atoms with Gasteiger partial charge in [-0.3, -0.25) is 0 Å². The summed E-state index contributed by atoms with van der Waals surface area (Å²) in [5.74, 6) is 0. The molecule has 1 heterocycles. The highest BCUT2D eigenvalue weighted by Crippen LogP contribution is 2.19. The zero-order valence-corrected chi connectivity index (χ0v) is 13.1. The Morgan fingerprint density at radius 2 is 1.90 bits per heavy atom. The van der Waals surface area contributed by atoms with Gasteiger partial charge in [-0.2, -0.15) is 0 Å². The smallest absolute Gasteiger partial charge is 0.0956 e. The van der Waals surface area contributed by atoms with Gasteiger partial charge in [-0.05, 0) is 18.9 Å². The third-order valence-corrected chi connectivity index (χ3v) is 3.24. The maximum Gasteiger partial charge on any atom is 0.0956 e. The molecule has 1 atom stereocenters. The highest BCUT2D eigenvalue weighted by Gasteiger charge is 2.06. The molecule has 2 aromatic rings. The lowest BCUT2D eigenvalue weighted by Crippen LogP contribution is -2.14. The summed E-state index contributed by atoms with van der Waals surface area (Å²) in [6, 6.07) is 8.95. The molecule has 0 bridgehead atoms. The maximum absolute atomic E-state index is 5.66. The molecule has 2 N–H and O–H groups in total. The van der Waals surface area contributed by atoms with Gasteiger partial charge in [0, 0.05) is 25.8 Å². The van der Waals surface area contributed by atoms with Crippen LogP contribution in [0.15, 0.2) is 36.8 Å². The Labute approximate surface area is 124 Å². The van der Waals surface area contributed by atoms with Crippen LogP contribution in [0.1, 0.15) is 47.1 Å². The van der Waals surface area contributed by atoms with Crippen LogP contribution in [-0.2, 0) is 6.42 Å². The normalized spacial score (nSPS) is 11.7. The number of hydrogen-bond donors (Lipinski definition) is 1. The Bertz CT molecular complexity index is 491. The molecule has 0 aliphatic carbocycles.